The Morgan fingerprint density at radius 2 is 1.89 bits per heavy atom. The van der Waals surface area contributed by atoms with Crippen molar-refractivity contribution in [2.75, 3.05) is 6.54 Å². The summed E-state index contributed by atoms with van der Waals surface area (Å²) in [7, 11) is 0. The first-order chi connectivity index (χ1) is 16.8. The second kappa shape index (κ2) is 12.9. The van der Waals surface area contributed by atoms with Gasteiger partial charge >= 0.3 is 0 Å². The number of aliphatic imine (C=N–C) groups is 2. The fourth-order valence-corrected chi connectivity index (χ4v) is 5.91. The van der Waals surface area contributed by atoms with Gasteiger partial charge in [-0.2, -0.15) is 0 Å². The third-order valence-corrected chi connectivity index (χ3v) is 8.42. The van der Waals surface area contributed by atoms with E-state index in [4.69, 9.17) is 10.7 Å². The highest BCUT2D eigenvalue weighted by Crippen LogP contribution is 2.40. The Kier molecular flexibility index (Phi) is 9.97. The van der Waals surface area contributed by atoms with Crippen molar-refractivity contribution in [1.82, 2.24) is 0 Å². The smallest absolute Gasteiger partial charge is 0.0754 e. The summed E-state index contributed by atoms with van der Waals surface area (Å²) in [6.45, 7) is 17.4. The molecule has 2 N–H and O–H groups in total. The Bertz CT molecular complexity index is 1070. The molecule has 1 atom stereocenters. The van der Waals surface area contributed by atoms with Gasteiger partial charge in [-0.3, -0.25) is 9.98 Å². The standard InChI is InChI=1S/C31H41N3S/c1-7-33-24(5)30(23(4)32)31(34-20-26-13-9-10-14-26)28-18-16-27(17-19-28)22(3)25(6)35-29-15-11-8-12-21(29)2/h7-8,12,16-19,22,26H,1,6,9-11,13-15,20,32H2,2-5H3/b30-23-,33-24?,34-31?. The molecule has 0 saturated heterocycles. The molecule has 2 aliphatic carbocycles. The zero-order valence-electron chi connectivity index (χ0n) is 21.9. The summed E-state index contributed by atoms with van der Waals surface area (Å²) in [6, 6.07) is 8.77. The van der Waals surface area contributed by atoms with Crippen molar-refractivity contribution in [3.63, 3.8) is 0 Å². The van der Waals surface area contributed by atoms with Gasteiger partial charge < -0.3 is 5.73 Å². The molecule has 2 aliphatic rings. The number of hydrogen-bond acceptors (Lipinski definition) is 4. The normalized spacial score (nSPS) is 19.1. The molecule has 0 aliphatic heterocycles. The molecular formula is C31H41N3S. The van der Waals surface area contributed by atoms with E-state index >= 15 is 0 Å². The average Bonchev–Trinajstić information content (AvgIpc) is 3.36. The summed E-state index contributed by atoms with van der Waals surface area (Å²) < 4.78 is 0. The lowest BCUT2D eigenvalue weighted by Crippen LogP contribution is -2.18. The van der Waals surface area contributed by atoms with Crippen molar-refractivity contribution in [1.29, 1.82) is 0 Å². The Labute approximate surface area is 216 Å². The average molecular weight is 488 g/mol. The Morgan fingerprint density at radius 1 is 1.20 bits per heavy atom. The van der Waals surface area contributed by atoms with Crippen molar-refractivity contribution in [3.8, 4) is 0 Å². The lowest BCUT2D eigenvalue weighted by Gasteiger charge is -2.20. The zero-order chi connectivity index (χ0) is 25.4. The Morgan fingerprint density at radius 3 is 2.49 bits per heavy atom. The molecule has 3 rings (SSSR count). The highest BCUT2D eigenvalue weighted by molar-refractivity contribution is 8.06. The molecule has 1 aromatic rings. The van der Waals surface area contributed by atoms with Crippen molar-refractivity contribution in [3.05, 3.63) is 93.6 Å². The van der Waals surface area contributed by atoms with E-state index in [-0.39, 0.29) is 5.92 Å². The van der Waals surface area contributed by atoms with Crippen molar-refractivity contribution in [2.24, 2.45) is 21.6 Å². The zero-order valence-corrected chi connectivity index (χ0v) is 22.8. The van der Waals surface area contributed by atoms with E-state index in [0.717, 1.165) is 47.6 Å². The lowest BCUT2D eigenvalue weighted by atomic mass is 9.93. The monoisotopic (exact) mass is 487 g/mol. The maximum absolute atomic E-state index is 6.37. The van der Waals surface area contributed by atoms with Crippen LogP contribution in [-0.2, 0) is 0 Å². The van der Waals surface area contributed by atoms with Crippen molar-refractivity contribution >= 4 is 23.2 Å². The van der Waals surface area contributed by atoms with E-state index in [1.807, 2.05) is 25.6 Å². The molecule has 0 amide bonds. The largest absolute Gasteiger partial charge is 0.402 e. The third-order valence-electron chi connectivity index (χ3n) is 7.03. The van der Waals surface area contributed by atoms with Gasteiger partial charge in [-0.15, -0.1) is 0 Å². The predicted molar refractivity (Wildman–Crippen MR) is 156 cm³/mol. The minimum atomic E-state index is 0.259. The van der Waals surface area contributed by atoms with E-state index in [1.165, 1.54) is 46.6 Å². The molecule has 186 valence electrons. The topological polar surface area (TPSA) is 50.7 Å². The number of allylic oxidation sites excluding steroid dienone is 7. The van der Waals surface area contributed by atoms with Crippen LogP contribution in [0.3, 0.4) is 0 Å². The number of benzene rings is 1. The molecule has 1 saturated carbocycles. The number of rotatable bonds is 10. The van der Waals surface area contributed by atoms with E-state index < -0.39 is 0 Å². The molecule has 0 aromatic heterocycles. The van der Waals surface area contributed by atoms with Crippen LogP contribution >= 0.6 is 11.8 Å². The van der Waals surface area contributed by atoms with Crippen LogP contribution < -0.4 is 5.73 Å². The van der Waals surface area contributed by atoms with Gasteiger partial charge in [0, 0.05) is 41.2 Å². The van der Waals surface area contributed by atoms with Gasteiger partial charge in [0.2, 0.25) is 0 Å². The summed E-state index contributed by atoms with van der Waals surface area (Å²) in [5.41, 5.74) is 13.5. The molecule has 35 heavy (non-hydrogen) atoms. The summed E-state index contributed by atoms with van der Waals surface area (Å²) in [5, 5.41) is 0. The van der Waals surface area contributed by atoms with Gasteiger partial charge in [-0.05, 0) is 73.3 Å². The molecule has 1 unspecified atom stereocenters. The van der Waals surface area contributed by atoms with Gasteiger partial charge in [-0.1, -0.05) is 81.1 Å². The molecule has 4 heteroatoms. The summed E-state index contributed by atoms with van der Waals surface area (Å²) in [5.74, 6) is 0.919. The van der Waals surface area contributed by atoms with Gasteiger partial charge in [0.25, 0.3) is 0 Å². The molecule has 3 nitrogen and oxygen atoms in total. The van der Waals surface area contributed by atoms with Gasteiger partial charge in [0.15, 0.2) is 0 Å². The SMILES string of the molecule is C=CN=C(C)/C(C(=NCC1CCCC1)c1ccc(C(C)C(=C)SC2=C(C)C=CCC2)cc1)=C(\C)N. The maximum atomic E-state index is 6.37. The Hall–Kier alpha value is -2.59. The Balaban J connectivity index is 1.87. The van der Waals surface area contributed by atoms with Crippen LogP contribution in [0.15, 0.2) is 92.4 Å². The van der Waals surface area contributed by atoms with E-state index in [1.54, 1.807) is 6.20 Å². The van der Waals surface area contributed by atoms with Crippen LogP contribution in [0.4, 0.5) is 0 Å². The number of thioether (sulfide) groups is 1. The highest BCUT2D eigenvalue weighted by atomic mass is 32.2. The second-order valence-corrected chi connectivity index (χ2v) is 11.0. The van der Waals surface area contributed by atoms with Crippen molar-refractivity contribution in [2.45, 2.75) is 72.1 Å². The minimum absolute atomic E-state index is 0.259. The van der Waals surface area contributed by atoms with Gasteiger partial charge in [0.05, 0.1) is 5.71 Å². The summed E-state index contributed by atoms with van der Waals surface area (Å²) in [6.07, 6.45) is 13.4. The predicted octanol–water partition coefficient (Wildman–Crippen LogP) is 8.48. The molecule has 0 bridgehead atoms. The van der Waals surface area contributed by atoms with Crippen LogP contribution in [-0.4, -0.2) is 18.0 Å². The first-order valence-corrected chi connectivity index (χ1v) is 13.6. The van der Waals surface area contributed by atoms with E-state index in [2.05, 4.69) is 68.4 Å². The van der Waals surface area contributed by atoms with Crippen molar-refractivity contribution < 1.29 is 0 Å². The summed E-state index contributed by atoms with van der Waals surface area (Å²) >= 11 is 1.84. The third kappa shape index (κ3) is 7.20. The first-order valence-electron chi connectivity index (χ1n) is 12.8. The van der Waals surface area contributed by atoms with Gasteiger partial charge in [-0.25, -0.2) is 0 Å². The molecule has 1 fully saturated rings. The number of nitrogens with two attached hydrogens (primary N) is 1. The van der Waals surface area contributed by atoms with E-state index in [9.17, 15) is 0 Å². The fourth-order valence-electron chi connectivity index (χ4n) is 4.83. The van der Waals surface area contributed by atoms with Crippen LogP contribution in [0.5, 0.6) is 0 Å². The number of hydrogen-bond donors (Lipinski definition) is 1. The summed E-state index contributed by atoms with van der Waals surface area (Å²) in [4.78, 5) is 12.2. The van der Waals surface area contributed by atoms with Gasteiger partial charge in [0.1, 0.15) is 0 Å². The first kappa shape index (κ1) is 27.0. The maximum Gasteiger partial charge on any atom is 0.0754 e. The molecule has 0 heterocycles. The lowest BCUT2D eigenvalue weighted by molar-refractivity contribution is 0.564. The molecular weight excluding hydrogens is 446 g/mol. The highest BCUT2D eigenvalue weighted by Gasteiger charge is 2.20. The molecule has 0 radical (unpaired) electrons. The van der Waals surface area contributed by atoms with E-state index in [0.29, 0.717) is 5.92 Å². The van der Waals surface area contributed by atoms with Crippen LogP contribution in [0.1, 0.15) is 83.3 Å². The van der Waals surface area contributed by atoms with Crippen LogP contribution in [0.25, 0.3) is 0 Å². The quantitative estimate of drug-likeness (QED) is 0.336. The second-order valence-electron chi connectivity index (χ2n) is 9.75. The fraction of sp³-hybridized carbons (Fsp3) is 0.419. The minimum Gasteiger partial charge on any atom is -0.402 e. The number of nitrogens with zero attached hydrogens (tertiary/aromatic N) is 2. The molecule has 1 aromatic carbocycles. The van der Waals surface area contributed by atoms with Crippen LogP contribution in [0, 0.1) is 5.92 Å². The molecule has 0 spiro atoms. The van der Waals surface area contributed by atoms with Crippen LogP contribution in [0.2, 0.25) is 0 Å².